The quantitative estimate of drug-likeness (QED) is 0.827. The van der Waals surface area contributed by atoms with E-state index in [2.05, 4.69) is 4.72 Å². The molecule has 0 atom stereocenters. The molecule has 0 aliphatic heterocycles. The fourth-order valence-electron chi connectivity index (χ4n) is 1.18. The monoisotopic (exact) mass is 242 g/mol. The van der Waals surface area contributed by atoms with Crippen LogP contribution in [0.2, 0.25) is 0 Å². The van der Waals surface area contributed by atoms with Crippen molar-refractivity contribution in [2.75, 3.05) is 6.54 Å². The normalized spacial score (nSPS) is 12.8. The second-order valence-corrected chi connectivity index (χ2v) is 6.19. The van der Waals surface area contributed by atoms with Gasteiger partial charge in [-0.15, -0.1) is 0 Å². The van der Waals surface area contributed by atoms with Gasteiger partial charge in [-0.05, 0) is 32.9 Å². The van der Waals surface area contributed by atoms with Crippen molar-refractivity contribution < 1.29 is 8.42 Å². The molecule has 0 unspecified atom stereocenters. The van der Waals surface area contributed by atoms with Gasteiger partial charge in [-0.2, -0.15) is 0 Å². The van der Waals surface area contributed by atoms with Gasteiger partial charge in [0.2, 0.25) is 10.0 Å². The molecule has 0 spiro atoms. The molecule has 5 heteroatoms. The minimum absolute atomic E-state index is 0.248. The van der Waals surface area contributed by atoms with E-state index < -0.39 is 15.6 Å². The Hall–Kier alpha value is -0.910. The second kappa shape index (κ2) is 4.53. The Kier molecular flexibility index (Phi) is 3.72. The van der Waals surface area contributed by atoms with E-state index in [1.807, 2.05) is 6.92 Å². The number of hydrogen-bond acceptors (Lipinski definition) is 3. The Morgan fingerprint density at radius 1 is 1.25 bits per heavy atom. The van der Waals surface area contributed by atoms with Gasteiger partial charge in [-0.1, -0.05) is 17.7 Å². The summed E-state index contributed by atoms with van der Waals surface area (Å²) >= 11 is 0. The highest BCUT2D eigenvalue weighted by Crippen LogP contribution is 2.13. The van der Waals surface area contributed by atoms with Gasteiger partial charge >= 0.3 is 0 Å². The van der Waals surface area contributed by atoms with Crippen LogP contribution in [0.4, 0.5) is 0 Å². The number of nitrogens with one attached hydrogen (secondary N) is 1. The van der Waals surface area contributed by atoms with Crippen LogP contribution in [0, 0.1) is 6.92 Å². The number of sulfonamides is 1. The van der Waals surface area contributed by atoms with Crippen molar-refractivity contribution in [2.45, 2.75) is 31.2 Å². The highest BCUT2D eigenvalue weighted by Gasteiger charge is 2.24. The fourth-order valence-corrected chi connectivity index (χ4v) is 2.60. The molecular weight excluding hydrogens is 224 g/mol. The van der Waals surface area contributed by atoms with Gasteiger partial charge in [0.15, 0.2) is 0 Å². The number of benzene rings is 1. The molecule has 0 saturated heterocycles. The van der Waals surface area contributed by atoms with Crippen LogP contribution in [0.3, 0.4) is 0 Å². The van der Waals surface area contributed by atoms with Crippen molar-refractivity contribution in [3.63, 3.8) is 0 Å². The van der Waals surface area contributed by atoms with Crippen LogP contribution in [0.15, 0.2) is 29.2 Å². The lowest BCUT2D eigenvalue weighted by Gasteiger charge is -2.23. The zero-order chi connectivity index (χ0) is 12.4. The number of nitrogens with two attached hydrogens (primary N) is 1. The maximum Gasteiger partial charge on any atom is 0.241 e. The Bertz CT molecular complexity index is 449. The Morgan fingerprint density at radius 3 is 2.19 bits per heavy atom. The molecule has 3 N–H and O–H groups in total. The van der Waals surface area contributed by atoms with Crippen molar-refractivity contribution in [3.05, 3.63) is 29.8 Å². The third kappa shape index (κ3) is 3.30. The molecule has 1 aromatic carbocycles. The summed E-state index contributed by atoms with van der Waals surface area (Å²) in [6, 6.07) is 6.71. The predicted molar refractivity (Wildman–Crippen MR) is 64.6 cm³/mol. The molecule has 16 heavy (non-hydrogen) atoms. The largest absolute Gasteiger partial charge is 0.329 e. The molecule has 0 fully saturated rings. The number of rotatable bonds is 4. The summed E-state index contributed by atoms with van der Waals surface area (Å²) in [7, 11) is -3.48. The number of aryl methyl sites for hydroxylation is 1. The first-order chi connectivity index (χ1) is 7.27. The van der Waals surface area contributed by atoms with Gasteiger partial charge in [0.25, 0.3) is 0 Å². The van der Waals surface area contributed by atoms with Crippen LogP contribution in [0.5, 0.6) is 0 Å². The molecule has 0 amide bonds. The van der Waals surface area contributed by atoms with E-state index in [-0.39, 0.29) is 11.4 Å². The molecule has 1 rings (SSSR count). The van der Waals surface area contributed by atoms with Crippen LogP contribution in [-0.4, -0.2) is 20.5 Å². The van der Waals surface area contributed by atoms with Crippen molar-refractivity contribution in [1.29, 1.82) is 0 Å². The molecule has 0 aliphatic carbocycles. The first-order valence-electron chi connectivity index (χ1n) is 5.07. The highest BCUT2D eigenvalue weighted by atomic mass is 32.2. The minimum atomic E-state index is -3.48. The van der Waals surface area contributed by atoms with E-state index in [4.69, 9.17) is 5.73 Å². The molecule has 0 saturated carbocycles. The lowest BCUT2D eigenvalue weighted by Crippen LogP contribution is -2.48. The lowest BCUT2D eigenvalue weighted by atomic mass is 10.1. The van der Waals surface area contributed by atoms with Gasteiger partial charge in [0.1, 0.15) is 0 Å². The zero-order valence-corrected chi connectivity index (χ0v) is 10.6. The minimum Gasteiger partial charge on any atom is -0.329 e. The zero-order valence-electron chi connectivity index (χ0n) is 9.82. The van der Waals surface area contributed by atoms with Crippen molar-refractivity contribution in [3.8, 4) is 0 Å². The van der Waals surface area contributed by atoms with E-state index in [1.165, 1.54) is 0 Å². The first kappa shape index (κ1) is 13.2. The van der Waals surface area contributed by atoms with Gasteiger partial charge in [0.05, 0.1) is 4.90 Å². The van der Waals surface area contributed by atoms with Gasteiger partial charge in [-0.3, -0.25) is 0 Å². The second-order valence-electron chi connectivity index (χ2n) is 4.51. The molecular formula is C11H18N2O2S. The third-order valence-electron chi connectivity index (χ3n) is 2.25. The average Bonchev–Trinajstić information content (AvgIpc) is 2.17. The summed E-state index contributed by atoms with van der Waals surface area (Å²) in [4.78, 5) is 0.264. The summed E-state index contributed by atoms with van der Waals surface area (Å²) in [5.74, 6) is 0. The standard InChI is InChI=1S/C11H18N2O2S/c1-9-4-6-10(7-5-9)16(14,15)13-11(2,3)8-12/h4-7,13H,8,12H2,1-3H3. The van der Waals surface area contributed by atoms with Crippen LogP contribution >= 0.6 is 0 Å². The Balaban J connectivity index is 2.99. The summed E-state index contributed by atoms with van der Waals surface area (Å²) in [6.07, 6.45) is 0. The van der Waals surface area contributed by atoms with Gasteiger partial charge in [0, 0.05) is 12.1 Å². The van der Waals surface area contributed by atoms with E-state index >= 15 is 0 Å². The summed E-state index contributed by atoms with van der Waals surface area (Å²) < 4.78 is 26.5. The molecule has 0 radical (unpaired) electrons. The molecule has 0 aromatic heterocycles. The molecule has 0 aliphatic rings. The smallest absolute Gasteiger partial charge is 0.241 e. The maximum atomic E-state index is 12.0. The van der Waals surface area contributed by atoms with E-state index in [0.29, 0.717) is 0 Å². The SMILES string of the molecule is Cc1ccc(S(=O)(=O)NC(C)(C)CN)cc1. The lowest BCUT2D eigenvalue weighted by molar-refractivity contribution is 0.462. The first-order valence-corrected chi connectivity index (χ1v) is 6.56. The molecule has 1 aromatic rings. The summed E-state index contributed by atoms with van der Waals surface area (Å²) in [5, 5.41) is 0. The van der Waals surface area contributed by atoms with Crippen molar-refractivity contribution in [2.24, 2.45) is 5.73 Å². The fraction of sp³-hybridized carbons (Fsp3) is 0.455. The number of hydrogen-bond donors (Lipinski definition) is 2. The predicted octanol–water partition coefficient (Wildman–Crippen LogP) is 1.01. The molecule has 90 valence electrons. The third-order valence-corrected chi connectivity index (χ3v) is 3.97. The average molecular weight is 242 g/mol. The molecule has 0 bridgehead atoms. The van der Waals surface area contributed by atoms with Crippen LogP contribution in [0.1, 0.15) is 19.4 Å². The Morgan fingerprint density at radius 2 is 1.75 bits per heavy atom. The summed E-state index contributed by atoms with van der Waals surface area (Å²) in [6.45, 7) is 5.66. The van der Waals surface area contributed by atoms with E-state index in [0.717, 1.165) is 5.56 Å². The summed E-state index contributed by atoms with van der Waals surface area (Å²) in [5.41, 5.74) is 5.88. The maximum absolute atomic E-state index is 12.0. The van der Waals surface area contributed by atoms with Crippen molar-refractivity contribution in [1.82, 2.24) is 4.72 Å². The highest BCUT2D eigenvalue weighted by molar-refractivity contribution is 7.89. The topological polar surface area (TPSA) is 72.2 Å². The van der Waals surface area contributed by atoms with Crippen LogP contribution in [0.25, 0.3) is 0 Å². The Labute approximate surface area is 96.9 Å². The van der Waals surface area contributed by atoms with Gasteiger partial charge < -0.3 is 5.73 Å². The van der Waals surface area contributed by atoms with E-state index in [9.17, 15) is 8.42 Å². The van der Waals surface area contributed by atoms with Crippen LogP contribution in [-0.2, 0) is 10.0 Å². The van der Waals surface area contributed by atoms with Crippen LogP contribution < -0.4 is 10.5 Å². The molecule has 0 heterocycles. The molecule has 4 nitrogen and oxygen atoms in total. The van der Waals surface area contributed by atoms with Gasteiger partial charge in [-0.25, -0.2) is 13.1 Å². The van der Waals surface area contributed by atoms with E-state index in [1.54, 1.807) is 38.1 Å². The van der Waals surface area contributed by atoms with Crippen molar-refractivity contribution >= 4 is 10.0 Å².